The summed E-state index contributed by atoms with van der Waals surface area (Å²) in [7, 11) is 1.56. The monoisotopic (exact) mass is 384 g/mol. The van der Waals surface area contributed by atoms with E-state index in [2.05, 4.69) is 15.4 Å². The standard InChI is InChI=1S/C19H17ClN4O3/c1-12-17(18(25)24(23-12)15-5-3-4-13(20)10-15)11-21-19(26)22-14-6-8-16(27-2)9-7-14/h3-11,23H,1-2H3,(H,22,26). The van der Waals surface area contributed by atoms with Gasteiger partial charge in [0, 0.05) is 22.6 Å². The van der Waals surface area contributed by atoms with Gasteiger partial charge in [-0.2, -0.15) is 0 Å². The molecule has 27 heavy (non-hydrogen) atoms. The highest BCUT2D eigenvalue weighted by Gasteiger charge is 2.11. The van der Waals surface area contributed by atoms with Crippen LogP contribution in [0.25, 0.3) is 5.69 Å². The van der Waals surface area contributed by atoms with Crippen LogP contribution in [-0.4, -0.2) is 29.1 Å². The van der Waals surface area contributed by atoms with Crippen LogP contribution in [0.3, 0.4) is 0 Å². The van der Waals surface area contributed by atoms with Gasteiger partial charge in [0.25, 0.3) is 5.56 Å². The average molecular weight is 385 g/mol. The molecule has 0 atom stereocenters. The number of carbonyl (C=O) groups excluding carboxylic acids is 1. The minimum Gasteiger partial charge on any atom is -0.497 e. The Morgan fingerprint density at radius 1 is 1.26 bits per heavy atom. The first-order valence-electron chi connectivity index (χ1n) is 8.04. The second kappa shape index (κ2) is 7.92. The van der Waals surface area contributed by atoms with Crippen molar-refractivity contribution in [3.63, 3.8) is 0 Å². The van der Waals surface area contributed by atoms with Crippen LogP contribution in [-0.2, 0) is 0 Å². The van der Waals surface area contributed by atoms with E-state index >= 15 is 0 Å². The first-order chi connectivity index (χ1) is 13.0. The lowest BCUT2D eigenvalue weighted by Crippen LogP contribution is -2.17. The molecule has 3 aromatic rings. The highest BCUT2D eigenvalue weighted by Crippen LogP contribution is 2.15. The number of methoxy groups -OCH3 is 1. The first kappa shape index (κ1) is 18.5. The summed E-state index contributed by atoms with van der Waals surface area (Å²) in [6, 6.07) is 13.1. The number of amides is 2. The summed E-state index contributed by atoms with van der Waals surface area (Å²) in [5, 5.41) is 6.09. The van der Waals surface area contributed by atoms with E-state index in [0.29, 0.717) is 33.4 Å². The van der Waals surface area contributed by atoms with Crippen molar-refractivity contribution in [2.75, 3.05) is 12.4 Å². The van der Waals surface area contributed by atoms with Gasteiger partial charge in [0.15, 0.2) is 0 Å². The average Bonchev–Trinajstić information content (AvgIpc) is 2.94. The van der Waals surface area contributed by atoms with Gasteiger partial charge in [-0.05, 0) is 49.4 Å². The molecule has 7 nitrogen and oxygen atoms in total. The number of urea groups is 1. The third kappa shape index (κ3) is 4.27. The summed E-state index contributed by atoms with van der Waals surface area (Å²) in [6.45, 7) is 1.73. The maximum absolute atomic E-state index is 12.6. The van der Waals surface area contributed by atoms with Crippen molar-refractivity contribution in [2.45, 2.75) is 6.92 Å². The smallest absolute Gasteiger partial charge is 0.345 e. The minimum absolute atomic E-state index is 0.292. The number of aliphatic imine (C=N–C) groups is 1. The Morgan fingerprint density at radius 3 is 2.67 bits per heavy atom. The predicted octanol–water partition coefficient (Wildman–Crippen LogP) is 3.79. The minimum atomic E-state index is -0.588. The van der Waals surface area contributed by atoms with E-state index in [0.717, 1.165) is 0 Å². The number of aryl methyl sites for hydroxylation is 1. The van der Waals surface area contributed by atoms with Gasteiger partial charge >= 0.3 is 6.03 Å². The second-order valence-corrected chi connectivity index (χ2v) is 6.12. The van der Waals surface area contributed by atoms with Crippen LogP contribution in [0.4, 0.5) is 10.5 Å². The number of aromatic amines is 1. The largest absolute Gasteiger partial charge is 0.497 e. The van der Waals surface area contributed by atoms with Gasteiger partial charge in [-0.3, -0.25) is 9.89 Å². The number of H-pyrrole nitrogens is 1. The van der Waals surface area contributed by atoms with E-state index in [-0.39, 0.29) is 5.56 Å². The number of benzene rings is 2. The lowest BCUT2D eigenvalue weighted by Gasteiger charge is -2.03. The number of halogens is 1. The van der Waals surface area contributed by atoms with Gasteiger partial charge in [-0.15, -0.1) is 0 Å². The summed E-state index contributed by atoms with van der Waals surface area (Å²) in [4.78, 5) is 28.4. The highest BCUT2D eigenvalue weighted by molar-refractivity contribution is 6.30. The highest BCUT2D eigenvalue weighted by atomic mass is 35.5. The molecule has 0 aliphatic heterocycles. The zero-order valence-electron chi connectivity index (χ0n) is 14.7. The SMILES string of the molecule is COc1ccc(NC(=O)N=Cc2c(C)[nH]n(-c3cccc(Cl)c3)c2=O)cc1. The number of anilines is 1. The molecule has 0 bridgehead atoms. The van der Waals surface area contributed by atoms with Crippen molar-refractivity contribution in [2.24, 2.45) is 4.99 Å². The van der Waals surface area contributed by atoms with Gasteiger partial charge in [0.05, 0.1) is 18.4 Å². The molecule has 8 heteroatoms. The third-order valence-electron chi connectivity index (χ3n) is 3.84. The zero-order valence-corrected chi connectivity index (χ0v) is 15.4. The lowest BCUT2D eigenvalue weighted by molar-refractivity contribution is 0.259. The fraction of sp³-hybridized carbons (Fsp3) is 0.105. The van der Waals surface area contributed by atoms with E-state index in [4.69, 9.17) is 16.3 Å². The summed E-state index contributed by atoms with van der Waals surface area (Å²) >= 11 is 5.98. The molecule has 2 N–H and O–H groups in total. The number of rotatable bonds is 4. The van der Waals surface area contributed by atoms with Crippen LogP contribution in [0.1, 0.15) is 11.3 Å². The van der Waals surface area contributed by atoms with E-state index in [1.807, 2.05) is 0 Å². The molecule has 2 aromatic carbocycles. The Kier molecular flexibility index (Phi) is 5.42. The Labute approximate surface area is 160 Å². The molecule has 0 fully saturated rings. The number of ether oxygens (including phenoxy) is 1. The molecule has 1 aromatic heterocycles. The summed E-state index contributed by atoms with van der Waals surface area (Å²) < 4.78 is 6.41. The van der Waals surface area contributed by atoms with Crippen molar-refractivity contribution < 1.29 is 9.53 Å². The molecular weight excluding hydrogens is 368 g/mol. The third-order valence-corrected chi connectivity index (χ3v) is 4.07. The van der Waals surface area contributed by atoms with E-state index in [1.54, 1.807) is 62.6 Å². The van der Waals surface area contributed by atoms with E-state index in [9.17, 15) is 9.59 Å². The maximum atomic E-state index is 12.6. The molecule has 0 saturated carbocycles. The number of nitrogens with zero attached hydrogens (tertiary/aromatic N) is 2. The summed E-state index contributed by atoms with van der Waals surface area (Å²) in [5.41, 5.74) is 1.72. The van der Waals surface area contributed by atoms with Gasteiger partial charge in [-0.25, -0.2) is 14.5 Å². The van der Waals surface area contributed by atoms with Crippen molar-refractivity contribution in [3.8, 4) is 11.4 Å². The number of nitrogens with one attached hydrogen (secondary N) is 2. The molecule has 138 valence electrons. The van der Waals surface area contributed by atoms with Crippen LogP contribution in [0.15, 0.2) is 58.3 Å². The Balaban J connectivity index is 1.78. The summed E-state index contributed by atoms with van der Waals surface area (Å²) in [5.74, 6) is 0.681. The summed E-state index contributed by atoms with van der Waals surface area (Å²) in [6.07, 6.45) is 1.24. The van der Waals surface area contributed by atoms with Gasteiger partial charge in [-0.1, -0.05) is 17.7 Å². The Morgan fingerprint density at radius 2 is 2.00 bits per heavy atom. The van der Waals surface area contributed by atoms with Crippen molar-refractivity contribution in [1.82, 2.24) is 9.78 Å². The van der Waals surface area contributed by atoms with Crippen LogP contribution in [0.5, 0.6) is 5.75 Å². The van der Waals surface area contributed by atoms with E-state index in [1.165, 1.54) is 10.9 Å². The molecule has 0 aliphatic rings. The number of carbonyl (C=O) groups is 1. The van der Waals surface area contributed by atoms with Crippen LogP contribution < -0.4 is 15.6 Å². The molecule has 3 rings (SSSR count). The first-order valence-corrected chi connectivity index (χ1v) is 8.42. The lowest BCUT2D eigenvalue weighted by atomic mass is 10.3. The predicted molar refractivity (Wildman–Crippen MR) is 106 cm³/mol. The van der Waals surface area contributed by atoms with Gasteiger partial charge < -0.3 is 10.1 Å². The normalized spacial score (nSPS) is 10.9. The molecule has 0 unspecified atom stereocenters. The maximum Gasteiger partial charge on any atom is 0.345 e. The number of aromatic nitrogens is 2. The fourth-order valence-corrected chi connectivity index (χ4v) is 2.65. The van der Waals surface area contributed by atoms with Crippen LogP contribution in [0.2, 0.25) is 5.02 Å². The van der Waals surface area contributed by atoms with Crippen molar-refractivity contribution in [1.29, 1.82) is 0 Å². The zero-order chi connectivity index (χ0) is 19.4. The molecule has 0 aliphatic carbocycles. The molecule has 0 saturated heterocycles. The van der Waals surface area contributed by atoms with Crippen LogP contribution in [0, 0.1) is 6.92 Å². The molecule has 0 spiro atoms. The fourth-order valence-electron chi connectivity index (χ4n) is 2.46. The van der Waals surface area contributed by atoms with E-state index < -0.39 is 6.03 Å². The Hall–Kier alpha value is -3.32. The molecule has 1 heterocycles. The topological polar surface area (TPSA) is 88.5 Å². The van der Waals surface area contributed by atoms with Gasteiger partial charge in [0.2, 0.25) is 0 Å². The molecule has 0 radical (unpaired) electrons. The van der Waals surface area contributed by atoms with Gasteiger partial charge in [0.1, 0.15) is 5.75 Å². The number of hydrogen-bond acceptors (Lipinski definition) is 3. The number of hydrogen-bond donors (Lipinski definition) is 2. The molecular formula is C19H17ClN4O3. The van der Waals surface area contributed by atoms with Crippen molar-refractivity contribution in [3.05, 3.63) is 75.2 Å². The van der Waals surface area contributed by atoms with Crippen LogP contribution >= 0.6 is 11.6 Å². The Bertz CT molecular complexity index is 1050. The quantitative estimate of drug-likeness (QED) is 0.671. The molecule has 2 amide bonds. The second-order valence-electron chi connectivity index (χ2n) is 5.69. The van der Waals surface area contributed by atoms with Crippen molar-refractivity contribution >= 4 is 29.5 Å².